The lowest BCUT2D eigenvalue weighted by Crippen LogP contribution is -2.14. The van der Waals surface area contributed by atoms with Crippen LogP contribution in [0.1, 0.15) is 43.4 Å². The van der Waals surface area contributed by atoms with Crippen molar-refractivity contribution in [1.82, 2.24) is 9.97 Å². The number of fused-ring (bicyclic) bond motifs is 1. The summed E-state index contributed by atoms with van der Waals surface area (Å²) in [4.78, 5) is 8.11. The van der Waals surface area contributed by atoms with Gasteiger partial charge in [-0.15, -0.1) is 0 Å². The van der Waals surface area contributed by atoms with E-state index < -0.39 is 0 Å². The average Bonchev–Trinajstić information content (AvgIpc) is 2.57. The van der Waals surface area contributed by atoms with E-state index in [1.165, 1.54) is 17.8 Å². The van der Waals surface area contributed by atoms with Crippen LogP contribution in [0.2, 0.25) is 0 Å². The van der Waals surface area contributed by atoms with Crippen molar-refractivity contribution in [3.63, 3.8) is 0 Å². The summed E-state index contributed by atoms with van der Waals surface area (Å²) in [7, 11) is 1.73. The quantitative estimate of drug-likeness (QED) is 0.827. The third-order valence-corrected chi connectivity index (χ3v) is 3.18. The lowest BCUT2D eigenvalue weighted by Gasteiger charge is -2.22. The first-order chi connectivity index (χ1) is 7.20. The number of nitrogens with zero attached hydrogens (tertiary/aromatic N) is 1. The summed E-state index contributed by atoms with van der Waals surface area (Å²) in [5, 5.41) is 0. The highest BCUT2D eigenvalue weighted by molar-refractivity contribution is 5.22. The third kappa shape index (κ3) is 2.23. The molecule has 0 saturated heterocycles. The van der Waals surface area contributed by atoms with Crippen LogP contribution >= 0.6 is 0 Å². The van der Waals surface area contributed by atoms with Crippen molar-refractivity contribution < 1.29 is 4.74 Å². The molecule has 3 heteroatoms. The maximum absolute atomic E-state index is 5.07. The van der Waals surface area contributed by atoms with Crippen molar-refractivity contribution in [2.75, 3.05) is 13.7 Å². The zero-order valence-corrected chi connectivity index (χ0v) is 9.84. The Labute approximate surface area is 91.3 Å². The number of aromatic amines is 1. The molecule has 15 heavy (non-hydrogen) atoms. The first-order valence-corrected chi connectivity index (χ1v) is 5.77. The molecule has 0 fully saturated rings. The topological polar surface area (TPSA) is 37.9 Å². The van der Waals surface area contributed by atoms with Crippen LogP contribution in [0.3, 0.4) is 0 Å². The summed E-state index contributed by atoms with van der Waals surface area (Å²) in [6, 6.07) is 0. The standard InChI is InChI=1S/C12H20N2O/c1-8-6-9(2)12-10(7-8)13-11(14-12)4-5-15-3/h8-9H,4-7H2,1-3H3,(H,13,14). The van der Waals surface area contributed by atoms with Gasteiger partial charge in [-0.2, -0.15) is 0 Å². The van der Waals surface area contributed by atoms with Crippen LogP contribution in [0.25, 0.3) is 0 Å². The molecule has 3 nitrogen and oxygen atoms in total. The first kappa shape index (κ1) is 10.7. The molecule has 0 spiro atoms. The van der Waals surface area contributed by atoms with Gasteiger partial charge in [0.1, 0.15) is 5.82 Å². The summed E-state index contributed by atoms with van der Waals surface area (Å²) in [6.07, 6.45) is 3.31. The van der Waals surface area contributed by atoms with Crippen molar-refractivity contribution >= 4 is 0 Å². The van der Waals surface area contributed by atoms with E-state index in [2.05, 4.69) is 23.8 Å². The Kier molecular flexibility index (Phi) is 3.10. The molecular weight excluding hydrogens is 188 g/mol. The normalized spacial score (nSPS) is 25.3. The number of rotatable bonds is 3. The van der Waals surface area contributed by atoms with Gasteiger partial charge in [0.25, 0.3) is 0 Å². The fraction of sp³-hybridized carbons (Fsp3) is 0.750. The highest BCUT2D eigenvalue weighted by Gasteiger charge is 2.24. The smallest absolute Gasteiger partial charge is 0.108 e. The van der Waals surface area contributed by atoms with E-state index in [4.69, 9.17) is 4.74 Å². The lowest BCUT2D eigenvalue weighted by molar-refractivity contribution is 0.200. The van der Waals surface area contributed by atoms with Gasteiger partial charge in [-0.25, -0.2) is 4.98 Å². The van der Waals surface area contributed by atoms with E-state index in [0.717, 1.165) is 31.2 Å². The summed E-state index contributed by atoms with van der Waals surface area (Å²) in [5.41, 5.74) is 2.64. The molecule has 0 saturated carbocycles. The Hall–Kier alpha value is -0.830. The number of methoxy groups -OCH3 is 1. The second-order valence-corrected chi connectivity index (χ2v) is 4.74. The number of H-pyrrole nitrogens is 1. The number of hydrogen-bond donors (Lipinski definition) is 1. The Balaban J connectivity index is 2.15. The van der Waals surface area contributed by atoms with Gasteiger partial charge in [0.2, 0.25) is 0 Å². The zero-order valence-electron chi connectivity index (χ0n) is 9.84. The van der Waals surface area contributed by atoms with E-state index >= 15 is 0 Å². The molecule has 0 radical (unpaired) electrons. The molecule has 0 amide bonds. The van der Waals surface area contributed by atoms with Gasteiger partial charge >= 0.3 is 0 Å². The largest absolute Gasteiger partial charge is 0.384 e. The molecule has 2 rings (SSSR count). The van der Waals surface area contributed by atoms with E-state index in [-0.39, 0.29) is 0 Å². The highest BCUT2D eigenvalue weighted by atomic mass is 16.5. The van der Waals surface area contributed by atoms with E-state index in [9.17, 15) is 0 Å². The Morgan fingerprint density at radius 3 is 3.00 bits per heavy atom. The van der Waals surface area contributed by atoms with Gasteiger partial charge in [-0.1, -0.05) is 13.8 Å². The van der Waals surface area contributed by atoms with Crippen LogP contribution in [-0.4, -0.2) is 23.7 Å². The van der Waals surface area contributed by atoms with Crippen LogP contribution in [-0.2, 0) is 17.6 Å². The second kappa shape index (κ2) is 4.35. The number of hydrogen-bond acceptors (Lipinski definition) is 2. The molecule has 2 atom stereocenters. The highest BCUT2D eigenvalue weighted by Crippen LogP contribution is 2.32. The lowest BCUT2D eigenvalue weighted by atomic mass is 9.84. The zero-order chi connectivity index (χ0) is 10.8. The summed E-state index contributed by atoms with van der Waals surface area (Å²) in [5.74, 6) is 2.47. The fourth-order valence-electron chi connectivity index (χ4n) is 2.51. The van der Waals surface area contributed by atoms with Crippen molar-refractivity contribution in [3.8, 4) is 0 Å². The predicted molar refractivity (Wildman–Crippen MR) is 60.1 cm³/mol. The third-order valence-electron chi connectivity index (χ3n) is 3.18. The predicted octanol–water partition coefficient (Wildman–Crippen LogP) is 2.28. The minimum Gasteiger partial charge on any atom is -0.384 e. The Morgan fingerprint density at radius 1 is 1.47 bits per heavy atom. The molecule has 1 N–H and O–H groups in total. The van der Waals surface area contributed by atoms with Crippen LogP contribution in [0, 0.1) is 5.92 Å². The van der Waals surface area contributed by atoms with Crippen LogP contribution in [0.5, 0.6) is 0 Å². The first-order valence-electron chi connectivity index (χ1n) is 5.77. The fourth-order valence-corrected chi connectivity index (χ4v) is 2.51. The van der Waals surface area contributed by atoms with Crippen LogP contribution in [0.4, 0.5) is 0 Å². The molecule has 1 heterocycles. The van der Waals surface area contributed by atoms with E-state index in [0.29, 0.717) is 5.92 Å². The van der Waals surface area contributed by atoms with Crippen molar-refractivity contribution in [2.45, 2.75) is 39.0 Å². The molecule has 1 aliphatic rings. The SMILES string of the molecule is COCCc1nc2c([nH]1)CC(C)CC2C. The van der Waals surface area contributed by atoms with Gasteiger partial charge in [0.05, 0.1) is 12.3 Å². The van der Waals surface area contributed by atoms with Crippen molar-refractivity contribution in [1.29, 1.82) is 0 Å². The molecule has 84 valence electrons. The molecule has 0 bridgehead atoms. The molecule has 0 aliphatic heterocycles. The molecule has 1 aromatic rings. The van der Waals surface area contributed by atoms with Crippen LogP contribution in [0.15, 0.2) is 0 Å². The van der Waals surface area contributed by atoms with Gasteiger partial charge < -0.3 is 9.72 Å². The number of ether oxygens (including phenoxy) is 1. The maximum atomic E-state index is 5.07. The minimum atomic E-state index is 0.608. The van der Waals surface area contributed by atoms with Crippen molar-refractivity contribution in [2.24, 2.45) is 5.92 Å². The molecule has 1 aliphatic carbocycles. The number of aromatic nitrogens is 2. The monoisotopic (exact) mass is 208 g/mol. The van der Waals surface area contributed by atoms with Crippen molar-refractivity contribution in [3.05, 3.63) is 17.2 Å². The van der Waals surface area contributed by atoms with Gasteiger partial charge in [-0.3, -0.25) is 0 Å². The van der Waals surface area contributed by atoms with Crippen LogP contribution < -0.4 is 0 Å². The average molecular weight is 208 g/mol. The van der Waals surface area contributed by atoms with E-state index in [1.807, 2.05) is 0 Å². The number of nitrogens with one attached hydrogen (secondary N) is 1. The number of imidazole rings is 1. The minimum absolute atomic E-state index is 0.608. The summed E-state index contributed by atoms with van der Waals surface area (Å²) in [6.45, 7) is 5.33. The molecule has 2 unspecified atom stereocenters. The Bertz CT molecular complexity index is 332. The van der Waals surface area contributed by atoms with Gasteiger partial charge in [0.15, 0.2) is 0 Å². The Morgan fingerprint density at radius 2 is 2.27 bits per heavy atom. The summed E-state index contributed by atoms with van der Waals surface area (Å²) >= 11 is 0. The maximum Gasteiger partial charge on any atom is 0.108 e. The second-order valence-electron chi connectivity index (χ2n) is 4.74. The van der Waals surface area contributed by atoms with Gasteiger partial charge in [0, 0.05) is 25.1 Å². The summed E-state index contributed by atoms with van der Waals surface area (Å²) < 4.78 is 5.07. The molecule has 1 aromatic heterocycles. The van der Waals surface area contributed by atoms with Gasteiger partial charge in [-0.05, 0) is 18.8 Å². The molecular formula is C12H20N2O. The van der Waals surface area contributed by atoms with E-state index in [1.54, 1.807) is 7.11 Å². The molecule has 0 aromatic carbocycles.